The van der Waals surface area contributed by atoms with Gasteiger partial charge >= 0.3 is 0 Å². The third kappa shape index (κ3) is 5.92. The normalized spacial score (nSPS) is 23.8. The van der Waals surface area contributed by atoms with Crippen molar-refractivity contribution in [2.75, 3.05) is 9.80 Å². The molecule has 2 heterocycles. The second-order valence-electron chi connectivity index (χ2n) is 23.7. The molecule has 4 unspecified atom stereocenters. The Morgan fingerprint density at radius 3 is 1.27 bits per heavy atom. The average Bonchev–Trinajstić information content (AvgIpc) is 4.04. The van der Waals surface area contributed by atoms with Crippen molar-refractivity contribution >= 4 is 44.3 Å². The summed E-state index contributed by atoms with van der Waals surface area (Å²) in [7, 11) is 0. The van der Waals surface area contributed by atoms with Gasteiger partial charge in [0.25, 0.3) is 0 Å². The first-order chi connectivity index (χ1) is 36.7. The molecule has 0 spiro atoms. The molecule has 10 aromatic rings. The van der Waals surface area contributed by atoms with Crippen LogP contribution in [-0.2, 0) is 16.2 Å². The largest absolute Gasteiger partial charge is 0.334 e. The molecule has 5 aliphatic rings. The Kier molecular flexibility index (Phi) is 9.65. The standard InChI is InChI=1S/C73H64N2/c1-69-41-19-21-43-71(69,3)74(55-27-13-7-14-28-55)65-39-35-51(47-63(65)69)49-33-37-59-61(45-49)57-31-17-18-32-58(57)67-60-38-34-50(46-62(60)73(68(59)67,53-23-9-5-10-24-53)54-25-11-6-12-26-54)52-36-40-66-64(48-52)70(2)42-20-22-44-72(70,4)75(66)56-29-15-8-16-30-56/h5-18,23-40,45-48H,19-22,41-44H2,1-4H3. The Bertz CT molecular complexity index is 3880. The van der Waals surface area contributed by atoms with Crippen LogP contribution in [0.3, 0.4) is 0 Å². The van der Waals surface area contributed by atoms with Gasteiger partial charge in [-0.25, -0.2) is 0 Å². The molecule has 3 aliphatic carbocycles. The molecular formula is C73H64N2. The van der Waals surface area contributed by atoms with Crippen LogP contribution in [-0.4, -0.2) is 11.1 Å². The fraction of sp³-hybridized carbons (Fsp3) is 0.233. The minimum absolute atomic E-state index is 0.000148. The first kappa shape index (κ1) is 44.8. The van der Waals surface area contributed by atoms with Gasteiger partial charge in [-0.3, -0.25) is 0 Å². The predicted molar refractivity (Wildman–Crippen MR) is 315 cm³/mol. The molecule has 0 saturated heterocycles. The molecule has 0 aromatic heterocycles. The molecule has 0 amide bonds. The molecule has 0 radical (unpaired) electrons. The number of benzene rings is 10. The van der Waals surface area contributed by atoms with Crippen molar-refractivity contribution in [3.8, 4) is 33.4 Å². The minimum atomic E-state index is -0.601. The zero-order chi connectivity index (χ0) is 50.3. The van der Waals surface area contributed by atoms with Crippen molar-refractivity contribution in [3.05, 3.63) is 252 Å². The first-order valence-corrected chi connectivity index (χ1v) is 27.9. The van der Waals surface area contributed by atoms with E-state index in [-0.39, 0.29) is 21.9 Å². The lowest BCUT2D eigenvalue weighted by molar-refractivity contribution is 0.195. The van der Waals surface area contributed by atoms with E-state index in [4.69, 9.17) is 0 Å². The Labute approximate surface area is 443 Å². The van der Waals surface area contributed by atoms with Crippen molar-refractivity contribution in [1.82, 2.24) is 0 Å². The fourth-order valence-corrected chi connectivity index (χ4v) is 16.4. The van der Waals surface area contributed by atoms with Crippen LogP contribution in [0, 0.1) is 0 Å². The van der Waals surface area contributed by atoms with Gasteiger partial charge in [0.1, 0.15) is 0 Å². The Balaban J connectivity index is 0.946. The van der Waals surface area contributed by atoms with Crippen LogP contribution in [0.4, 0.5) is 22.7 Å². The van der Waals surface area contributed by atoms with Crippen LogP contribution in [0.15, 0.2) is 218 Å². The highest BCUT2D eigenvalue weighted by molar-refractivity contribution is 6.20. The van der Waals surface area contributed by atoms with E-state index in [9.17, 15) is 0 Å². The maximum atomic E-state index is 2.69. The van der Waals surface area contributed by atoms with E-state index in [0.29, 0.717) is 0 Å². The molecule has 2 nitrogen and oxygen atoms in total. The van der Waals surface area contributed by atoms with Gasteiger partial charge in [-0.15, -0.1) is 0 Å². The molecule has 2 saturated carbocycles. The zero-order valence-corrected chi connectivity index (χ0v) is 43.8. The van der Waals surface area contributed by atoms with Crippen LogP contribution in [0.25, 0.3) is 54.9 Å². The quantitative estimate of drug-likeness (QED) is 0.153. The molecule has 2 fully saturated rings. The van der Waals surface area contributed by atoms with Gasteiger partial charge in [-0.2, -0.15) is 0 Å². The first-order valence-electron chi connectivity index (χ1n) is 27.9. The lowest BCUT2D eigenvalue weighted by Gasteiger charge is -2.50. The van der Waals surface area contributed by atoms with E-state index in [1.54, 1.807) is 0 Å². The number of anilines is 4. The van der Waals surface area contributed by atoms with Crippen LogP contribution in [0.1, 0.15) is 112 Å². The summed E-state index contributed by atoms with van der Waals surface area (Å²) in [5.74, 6) is 0. The van der Waals surface area contributed by atoms with Crippen molar-refractivity contribution in [3.63, 3.8) is 0 Å². The molecule has 0 bridgehead atoms. The molecule has 0 N–H and O–H groups in total. The molecule has 75 heavy (non-hydrogen) atoms. The van der Waals surface area contributed by atoms with Crippen molar-refractivity contribution in [1.29, 1.82) is 0 Å². The van der Waals surface area contributed by atoms with E-state index in [2.05, 4.69) is 256 Å². The number of nitrogens with zero attached hydrogens (tertiary/aromatic N) is 2. The van der Waals surface area contributed by atoms with Crippen LogP contribution in [0.2, 0.25) is 0 Å². The van der Waals surface area contributed by atoms with E-state index in [1.165, 1.54) is 162 Å². The van der Waals surface area contributed by atoms with Gasteiger partial charge in [0, 0.05) is 33.6 Å². The third-order valence-corrected chi connectivity index (χ3v) is 20.4. The van der Waals surface area contributed by atoms with Gasteiger partial charge in [0.05, 0.1) is 16.5 Å². The third-order valence-electron chi connectivity index (χ3n) is 20.4. The number of rotatable bonds is 6. The number of fused-ring (bicyclic) bond motifs is 14. The monoisotopic (exact) mass is 969 g/mol. The van der Waals surface area contributed by atoms with E-state index >= 15 is 0 Å². The van der Waals surface area contributed by atoms with Crippen molar-refractivity contribution in [2.24, 2.45) is 0 Å². The number of hydrogen-bond donors (Lipinski definition) is 0. The smallest absolute Gasteiger partial charge is 0.0720 e. The summed E-state index contributed by atoms with van der Waals surface area (Å²) >= 11 is 0. The van der Waals surface area contributed by atoms with Crippen LogP contribution < -0.4 is 9.80 Å². The minimum Gasteiger partial charge on any atom is -0.334 e. The summed E-state index contributed by atoms with van der Waals surface area (Å²) in [6.45, 7) is 10.2. The second kappa shape index (κ2) is 16.2. The molecule has 15 rings (SSSR count). The Hall–Kier alpha value is -7.68. The number of para-hydroxylation sites is 2. The van der Waals surface area contributed by atoms with Gasteiger partial charge in [-0.1, -0.05) is 197 Å². The van der Waals surface area contributed by atoms with E-state index in [1.807, 2.05) is 0 Å². The predicted octanol–water partition coefficient (Wildman–Crippen LogP) is 19.2. The molecule has 366 valence electrons. The van der Waals surface area contributed by atoms with E-state index < -0.39 is 5.41 Å². The summed E-state index contributed by atoms with van der Waals surface area (Å²) in [6.07, 6.45) is 9.79. The van der Waals surface area contributed by atoms with Gasteiger partial charge < -0.3 is 9.80 Å². The highest BCUT2D eigenvalue weighted by atomic mass is 15.3. The summed E-state index contributed by atoms with van der Waals surface area (Å²) in [5.41, 5.74) is 20.8. The summed E-state index contributed by atoms with van der Waals surface area (Å²) < 4.78 is 0. The average molecular weight is 969 g/mol. The van der Waals surface area contributed by atoms with Crippen LogP contribution in [0.5, 0.6) is 0 Å². The highest BCUT2D eigenvalue weighted by Gasteiger charge is 2.59. The lowest BCUT2D eigenvalue weighted by atomic mass is 9.61. The summed E-state index contributed by atoms with van der Waals surface area (Å²) in [6, 6.07) is 84.2. The van der Waals surface area contributed by atoms with Gasteiger partial charge in [0.2, 0.25) is 0 Å². The molecular weight excluding hydrogens is 905 g/mol. The van der Waals surface area contributed by atoms with Crippen molar-refractivity contribution in [2.45, 2.75) is 106 Å². The Morgan fingerprint density at radius 1 is 0.333 bits per heavy atom. The van der Waals surface area contributed by atoms with E-state index in [0.717, 1.165) is 0 Å². The second-order valence-corrected chi connectivity index (χ2v) is 23.7. The lowest BCUT2D eigenvalue weighted by Crippen LogP contribution is -2.54. The SMILES string of the molecule is CC12CCCCC1(C)N(c1ccccc1)c1ccc(-c3ccc4c(c3)C(c3ccccc3)(c3ccccc3)c3c-4c4ccccc4c4cc(-c5ccc6c(c5)C5(C)CCCCC5(C)N6c5ccccc5)ccc34)cc12. The zero-order valence-electron chi connectivity index (χ0n) is 43.8. The van der Waals surface area contributed by atoms with Gasteiger partial charge in [0.15, 0.2) is 0 Å². The maximum Gasteiger partial charge on any atom is 0.0720 e. The van der Waals surface area contributed by atoms with Gasteiger partial charge in [-0.05, 0) is 189 Å². The maximum absolute atomic E-state index is 2.69. The highest BCUT2D eigenvalue weighted by Crippen LogP contribution is 2.65. The molecule has 4 atom stereocenters. The summed E-state index contributed by atoms with van der Waals surface area (Å²) in [5, 5.41) is 5.22. The van der Waals surface area contributed by atoms with Crippen LogP contribution >= 0.6 is 0 Å². The summed E-state index contributed by atoms with van der Waals surface area (Å²) in [4.78, 5) is 5.38. The fourth-order valence-electron chi connectivity index (χ4n) is 16.4. The topological polar surface area (TPSA) is 6.48 Å². The number of hydrogen-bond acceptors (Lipinski definition) is 2. The molecule has 2 heteroatoms. The molecule has 2 aliphatic heterocycles. The molecule has 10 aromatic carbocycles. The Morgan fingerprint density at radius 2 is 0.747 bits per heavy atom. The van der Waals surface area contributed by atoms with Crippen molar-refractivity contribution < 1.29 is 0 Å².